The van der Waals surface area contributed by atoms with Crippen molar-refractivity contribution in [3.05, 3.63) is 48.3 Å². The SMILES string of the molecule is CC(O)(CNC(=O)CSc1nccn1C(C)(C)C)c1ccccc1. The second kappa shape index (κ2) is 7.40. The molecular weight excluding hydrogens is 322 g/mol. The maximum atomic E-state index is 12.1. The largest absolute Gasteiger partial charge is 0.384 e. The van der Waals surface area contributed by atoms with Crippen LogP contribution < -0.4 is 5.32 Å². The van der Waals surface area contributed by atoms with Crippen LogP contribution in [0.5, 0.6) is 0 Å². The van der Waals surface area contributed by atoms with Crippen LogP contribution in [0, 0.1) is 0 Å². The molecule has 24 heavy (non-hydrogen) atoms. The Balaban J connectivity index is 1.87. The van der Waals surface area contributed by atoms with Crippen LogP contribution in [-0.4, -0.2) is 32.9 Å². The Morgan fingerprint density at radius 1 is 1.25 bits per heavy atom. The van der Waals surface area contributed by atoms with Crippen molar-refractivity contribution in [2.24, 2.45) is 0 Å². The highest BCUT2D eigenvalue weighted by atomic mass is 32.2. The molecule has 0 aliphatic heterocycles. The highest BCUT2D eigenvalue weighted by Crippen LogP contribution is 2.23. The quantitative estimate of drug-likeness (QED) is 0.789. The van der Waals surface area contributed by atoms with Crippen LogP contribution >= 0.6 is 11.8 Å². The lowest BCUT2D eigenvalue weighted by Crippen LogP contribution is -2.39. The van der Waals surface area contributed by atoms with E-state index in [4.69, 9.17) is 0 Å². The minimum atomic E-state index is -1.09. The summed E-state index contributed by atoms with van der Waals surface area (Å²) in [6.45, 7) is 8.15. The molecule has 1 aromatic carbocycles. The minimum absolute atomic E-state index is 0.0771. The smallest absolute Gasteiger partial charge is 0.230 e. The van der Waals surface area contributed by atoms with Crippen molar-refractivity contribution in [1.29, 1.82) is 0 Å². The maximum absolute atomic E-state index is 12.1. The molecular formula is C18H25N3O2S. The molecule has 2 aromatic rings. The molecule has 2 rings (SSSR count). The van der Waals surface area contributed by atoms with Gasteiger partial charge in [-0.05, 0) is 33.3 Å². The van der Waals surface area contributed by atoms with Crippen LogP contribution in [0.15, 0.2) is 47.9 Å². The van der Waals surface area contributed by atoms with Crippen molar-refractivity contribution >= 4 is 17.7 Å². The van der Waals surface area contributed by atoms with Gasteiger partial charge in [0.2, 0.25) is 5.91 Å². The number of nitrogens with zero attached hydrogens (tertiary/aromatic N) is 2. The van der Waals surface area contributed by atoms with Crippen LogP contribution in [0.25, 0.3) is 0 Å². The van der Waals surface area contributed by atoms with E-state index in [1.54, 1.807) is 13.1 Å². The topological polar surface area (TPSA) is 67.2 Å². The number of amides is 1. The lowest BCUT2D eigenvalue weighted by atomic mass is 9.96. The molecule has 1 aromatic heterocycles. The third-order valence-corrected chi connectivity index (χ3v) is 4.65. The molecule has 130 valence electrons. The number of aliphatic hydroxyl groups is 1. The zero-order chi connectivity index (χ0) is 17.8. The Morgan fingerprint density at radius 2 is 1.92 bits per heavy atom. The Bertz CT molecular complexity index is 675. The van der Waals surface area contributed by atoms with Gasteiger partial charge < -0.3 is 15.0 Å². The summed E-state index contributed by atoms with van der Waals surface area (Å²) in [4.78, 5) is 16.4. The fraction of sp³-hybridized carbons (Fsp3) is 0.444. The number of imidazole rings is 1. The Morgan fingerprint density at radius 3 is 2.54 bits per heavy atom. The van der Waals surface area contributed by atoms with Gasteiger partial charge in [-0.1, -0.05) is 42.1 Å². The Kier molecular flexibility index (Phi) is 5.72. The van der Waals surface area contributed by atoms with Gasteiger partial charge in [-0.3, -0.25) is 4.79 Å². The minimum Gasteiger partial charge on any atom is -0.384 e. The summed E-state index contributed by atoms with van der Waals surface area (Å²) in [7, 11) is 0. The summed E-state index contributed by atoms with van der Waals surface area (Å²) in [6.07, 6.45) is 3.66. The molecule has 0 spiro atoms. The van der Waals surface area contributed by atoms with E-state index in [0.29, 0.717) is 0 Å². The van der Waals surface area contributed by atoms with Crippen molar-refractivity contribution in [1.82, 2.24) is 14.9 Å². The molecule has 0 aliphatic rings. The normalized spacial score (nSPS) is 14.2. The molecule has 6 heteroatoms. The summed E-state index contributed by atoms with van der Waals surface area (Å²) in [5.41, 5.74) is -0.390. The first-order chi connectivity index (χ1) is 11.2. The molecule has 1 heterocycles. The van der Waals surface area contributed by atoms with E-state index in [1.165, 1.54) is 11.8 Å². The third kappa shape index (κ3) is 4.85. The van der Waals surface area contributed by atoms with E-state index >= 15 is 0 Å². The highest BCUT2D eigenvalue weighted by Gasteiger charge is 2.24. The molecule has 0 saturated heterocycles. The molecule has 1 amide bonds. The number of carbonyl (C=O) groups excluding carboxylic acids is 1. The van der Waals surface area contributed by atoms with Gasteiger partial charge in [-0.2, -0.15) is 0 Å². The first-order valence-electron chi connectivity index (χ1n) is 7.91. The zero-order valence-electron chi connectivity index (χ0n) is 14.6. The number of aromatic nitrogens is 2. The van der Waals surface area contributed by atoms with E-state index in [-0.39, 0.29) is 23.7 Å². The molecule has 0 saturated carbocycles. The third-order valence-electron chi connectivity index (χ3n) is 3.69. The fourth-order valence-electron chi connectivity index (χ4n) is 2.26. The van der Waals surface area contributed by atoms with Crippen LogP contribution in [0.4, 0.5) is 0 Å². The predicted octanol–water partition coefficient (Wildman–Crippen LogP) is 2.75. The molecule has 2 N–H and O–H groups in total. The predicted molar refractivity (Wildman–Crippen MR) is 97.0 cm³/mol. The first-order valence-corrected chi connectivity index (χ1v) is 8.90. The van der Waals surface area contributed by atoms with E-state index in [0.717, 1.165) is 10.7 Å². The van der Waals surface area contributed by atoms with Crippen molar-refractivity contribution in [3.63, 3.8) is 0 Å². The maximum Gasteiger partial charge on any atom is 0.230 e. The van der Waals surface area contributed by atoms with Gasteiger partial charge in [-0.25, -0.2) is 4.98 Å². The summed E-state index contributed by atoms with van der Waals surface area (Å²) < 4.78 is 2.05. The summed E-state index contributed by atoms with van der Waals surface area (Å²) in [6, 6.07) is 9.33. The standard InChI is InChI=1S/C18H25N3O2S/c1-17(2,3)21-11-10-19-16(21)24-12-15(22)20-13-18(4,23)14-8-6-5-7-9-14/h5-11,23H,12-13H2,1-4H3,(H,20,22). The number of thioether (sulfide) groups is 1. The van der Waals surface area contributed by atoms with E-state index < -0.39 is 5.60 Å². The summed E-state index contributed by atoms with van der Waals surface area (Å²) >= 11 is 1.39. The van der Waals surface area contributed by atoms with Gasteiger partial charge in [0, 0.05) is 17.9 Å². The lowest BCUT2D eigenvalue weighted by molar-refractivity contribution is -0.119. The molecule has 0 bridgehead atoms. The number of hydrogen-bond acceptors (Lipinski definition) is 4. The fourth-order valence-corrected chi connectivity index (χ4v) is 3.23. The summed E-state index contributed by atoms with van der Waals surface area (Å²) in [5, 5.41) is 14.1. The number of benzene rings is 1. The van der Waals surface area contributed by atoms with Crippen LogP contribution in [0.1, 0.15) is 33.3 Å². The second-order valence-corrected chi connectivity index (χ2v) is 7.90. The van der Waals surface area contributed by atoms with Crippen LogP contribution in [-0.2, 0) is 15.9 Å². The van der Waals surface area contributed by atoms with E-state index in [1.807, 2.05) is 41.1 Å². The van der Waals surface area contributed by atoms with E-state index in [2.05, 4.69) is 31.1 Å². The highest BCUT2D eigenvalue weighted by molar-refractivity contribution is 7.99. The number of carbonyl (C=O) groups is 1. The van der Waals surface area contributed by atoms with Gasteiger partial charge in [0.05, 0.1) is 12.3 Å². The molecule has 0 radical (unpaired) electrons. The van der Waals surface area contributed by atoms with Gasteiger partial charge in [-0.15, -0.1) is 0 Å². The molecule has 0 aliphatic carbocycles. The molecule has 0 fully saturated rings. The van der Waals surface area contributed by atoms with Crippen molar-refractivity contribution in [2.45, 2.75) is 44.0 Å². The average Bonchev–Trinajstić information content (AvgIpc) is 3.01. The van der Waals surface area contributed by atoms with Crippen molar-refractivity contribution in [3.8, 4) is 0 Å². The molecule has 5 nitrogen and oxygen atoms in total. The second-order valence-electron chi connectivity index (χ2n) is 6.96. The Labute approximate surface area is 147 Å². The van der Waals surface area contributed by atoms with Gasteiger partial charge in [0.1, 0.15) is 5.60 Å². The zero-order valence-corrected chi connectivity index (χ0v) is 15.4. The number of hydrogen-bond donors (Lipinski definition) is 2. The van der Waals surface area contributed by atoms with E-state index in [9.17, 15) is 9.90 Å². The first kappa shape index (κ1) is 18.5. The number of rotatable bonds is 6. The molecule has 1 unspecified atom stereocenters. The lowest BCUT2D eigenvalue weighted by Gasteiger charge is -2.24. The van der Waals surface area contributed by atoms with Crippen LogP contribution in [0.2, 0.25) is 0 Å². The van der Waals surface area contributed by atoms with Crippen molar-refractivity contribution < 1.29 is 9.90 Å². The van der Waals surface area contributed by atoms with Gasteiger partial charge in [0.15, 0.2) is 5.16 Å². The van der Waals surface area contributed by atoms with Crippen LogP contribution in [0.3, 0.4) is 0 Å². The van der Waals surface area contributed by atoms with Gasteiger partial charge in [0.25, 0.3) is 0 Å². The summed E-state index contributed by atoms with van der Waals surface area (Å²) in [5.74, 6) is 0.137. The monoisotopic (exact) mass is 347 g/mol. The molecule has 1 atom stereocenters. The van der Waals surface area contributed by atoms with Crippen molar-refractivity contribution in [2.75, 3.05) is 12.3 Å². The van der Waals surface area contributed by atoms with Gasteiger partial charge >= 0.3 is 0 Å². The Hall–Kier alpha value is -1.79. The number of nitrogens with one attached hydrogen (secondary N) is 1. The average molecular weight is 347 g/mol.